The fourth-order valence-electron chi connectivity index (χ4n) is 1.86. The van der Waals surface area contributed by atoms with Crippen LogP contribution in [0.15, 0.2) is 12.3 Å². The van der Waals surface area contributed by atoms with E-state index in [4.69, 9.17) is 0 Å². The molecule has 0 saturated heterocycles. The highest BCUT2D eigenvalue weighted by molar-refractivity contribution is 5.81. The van der Waals surface area contributed by atoms with E-state index >= 15 is 0 Å². The second-order valence-corrected chi connectivity index (χ2v) is 3.80. The summed E-state index contributed by atoms with van der Waals surface area (Å²) < 4.78 is 7.89. The predicted molar refractivity (Wildman–Crippen MR) is 60.8 cm³/mol. The van der Waals surface area contributed by atoms with Crippen LogP contribution in [-0.4, -0.2) is 42.7 Å². The van der Waals surface area contributed by atoms with Gasteiger partial charge in [0.1, 0.15) is 5.69 Å². The number of fused-ring (bicyclic) bond motifs is 3. The molecule has 18 heavy (non-hydrogen) atoms. The molecule has 8 heteroatoms. The zero-order valence-electron chi connectivity index (χ0n) is 9.86. The summed E-state index contributed by atoms with van der Waals surface area (Å²) in [5.41, 5.74) is 2.42. The molecular formula is C10H10N6O2. The van der Waals surface area contributed by atoms with Crippen molar-refractivity contribution >= 4 is 22.8 Å². The lowest BCUT2D eigenvalue weighted by atomic mass is 10.3. The molecule has 0 N–H and O–H groups in total. The first-order chi connectivity index (χ1) is 8.70. The van der Waals surface area contributed by atoms with Gasteiger partial charge in [-0.05, 0) is 0 Å². The van der Waals surface area contributed by atoms with E-state index in [9.17, 15) is 4.79 Å². The van der Waals surface area contributed by atoms with E-state index in [0.29, 0.717) is 22.5 Å². The normalized spacial score (nSPS) is 11.2. The molecule has 0 aromatic carbocycles. The number of aromatic nitrogens is 6. The molecule has 0 radical (unpaired) electrons. The van der Waals surface area contributed by atoms with Gasteiger partial charge in [-0.15, -0.1) is 10.2 Å². The first kappa shape index (κ1) is 10.6. The summed E-state index contributed by atoms with van der Waals surface area (Å²) >= 11 is 0. The number of aryl methyl sites for hydroxylation is 1. The van der Waals surface area contributed by atoms with E-state index in [1.807, 2.05) is 0 Å². The molecule has 0 aliphatic rings. The van der Waals surface area contributed by atoms with Gasteiger partial charge < -0.3 is 4.74 Å². The van der Waals surface area contributed by atoms with Crippen molar-refractivity contribution in [3.05, 3.63) is 18.0 Å². The average Bonchev–Trinajstić information content (AvgIpc) is 2.94. The van der Waals surface area contributed by atoms with Crippen LogP contribution in [0.5, 0.6) is 0 Å². The lowest BCUT2D eigenvalue weighted by molar-refractivity contribution is -0.139. The van der Waals surface area contributed by atoms with Gasteiger partial charge >= 0.3 is 5.97 Å². The van der Waals surface area contributed by atoms with Gasteiger partial charge in [-0.1, -0.05) is 0 Å². The van der Waals surface area contributed by atoms with Gasteiger partial charge in [0.25, 0.3) is 0 Å². The number of methoxy groups -OCH3 is 1. The van der Waals surface area contributed by atoms with E-state index < -0.39 is 0 Å². The fraction of sp³-hybridized carbons (Fsp3) is 0.300. The minimum absolute atomic E-state index is 0.0648. The zero-order valence-corrected chi connectivity index (χ0v) is 9.86. The second-order valence-electron chi connectivity index (χ2n) is 3.80. The summed E-state index contributed by atoms with van der Waals surface area (Å²) in [6.07, 6.45) is 1.70. The molecule has 3 aromatic heterocycles. The Labute approximate surface area is 101 Å². The maximum absolute atomic E-state index is 11.3. The van der Waals surface area contributed by atoms with E-state index in [2.05, 4.69) is 25.1 Å². The van der Waals surface area contributed by atoms with Crippen molar-refractivity contribution in [2.45, 2.75) is 6.42 Å². The first-order valence-electron chi connectivity index (χ1n) is 5.29. The summed E-state index contributed by atoms with van der Waals surface area (Å²) in [7, 11) is 3.11. The Kier molecular flexibility index (Phi) is 2.22. The molecule has 0 atom stereocenters. The van der Waals surface area contributed by atoms with E-state index in [0.717, 1.165) is 0 Å². The third-order valence-electron chi connectivity index (χ3n) is 2.68. The van der Waals surface area contributed by atoms with Gasteiger partial charge in [0.05, 0.1) is 19.7 Å². The van der Waals surface area contributed by atoms with Gasteiger partial charge in [0.15, 0.2) is 16.8 Å². The van der Waals surface area contributed by atoms with Crippen LogP contribution in [0.3, 0.4) is 0 Å². The standard InChI is InChI=1S/C10H10N6O2/c1-15-10-9(6(14-15)5-8(17)18-2)13-12-7-3-4-11-16(7)10/h3-4H,5H2,1-2H3. The molecule has 92 valence electrons. The first-order valence-corrected chi connectivity index (χ1v) is 5.29. The number of esters is 1. The van der Waals surface area contributed by atoms with Crippen LogP contribution in [0.25, 0.3) is 16.8 Å². The van der Waals surface area contributed by atoms with Crippen molar-refractivity contribution < 1.29 is 9.53 Å². The molecule has 0 amide bonds. The quantitative estimate of drug-likeness (QED) is 0.578. The second kappa shape index (κ2) is 3.76. The van der Waals surface area contributed by atoms with Crippen molar-refractivity contribution in [2.24, 2.45) is 7.05 Å². The zero-order chi connectivity index (χ0) is 12.7. The lowest BCUT2D eigenvalue weighted by Gasteiger charge is -1.96. The summed E-state index contributed by atoms with van der Waals surface area (Å²) in [4.78, 5) is 11.3. The average molecular weight is 246 g/mol. The highest BCUT2D eigenvalue weighted by Gasteiger charge is 2.17. The highest BCUT2D eigenvalue weighted by atomic mass is 16.5. The summed E-state index contributed by atoms with van der Waals surface area (Å²) in [6, 6.07) is 1.75. The SMILES string of the molecule is COC(=O)Cc1nn(C)c2c1nnc1ccnn12. The monoisotopic (exact) mass is 246 g/mol. The Hall–Kier alpha value is -2.51. The molecule has 0 bridgehead atoms. The van der Waals surface area contributed by atoms with Crippen LogP contribution in [-0.2, 0) is 23.0 Å². The predicted octanol–water partition coefficient (Wildman–Crippen LogP) is -0.274. The van der Waals surface area contributed by atoms with Gasteiger partial charge in [-0.2, -0.15) is 14.7 Å². The Balaban J connectivity index is 2.26. The third kappa shape index (κ3) is 1.42. The summed E-state index contributed by atoms with van der Waals surface area (Å²) in [6.45, 7) is 0. The molecule has 0 unspecified atom stereocenters. The fourth-order valence-corrected chi connectivity index (χ4v) is 1.86. The largest absolute Gasteiger partial charge is 0.469 e. The number of rotatable bonds is 2. The van der Waals surface area contributed by atoms with Gasteiger partial charge in [-0.25, -0.2) is 4.68 Å². The molecule has 3 heterocycles. The number of carbonyl (C=O) groups is 1. The van der Waals surface area contributed by atoms with Gasteiger partial charge in [-0.3, -0.25) is 4.79 Å². The summed E-state index contributed by atoms with van der Waals surface area (Å²) in [5, 5.41) is 16.5. The molecule has 3 aromatic rings. The van der Waals surface area contributed by atoms with Crippen molar-refractivity contribution in [3.63, 3.8) is 0 Å². The van der Waals surface area contributed by atoms with Crippen molar-refractivity contribution in [3.8, 4) is 0 Å². The van der Waals surface area contributed by atoms with E-state index in [1.165, 1.54) is 7.11 Å². The smallest absolute Gasteiger partial charge is 0.311 e. The molecule has 0 saturated carbocycles. The number of nitrogens with zero attached hydrogens (tertiary/aromatic N) is 6. The Morgan fingerprint density at radius 2 is 2.28 bits per heavy atom. The van der Waals surface area contributed by atoms with E-state index in [1.54, 1.807) is 28.5 Å². The maximum atomic E-state index is 11.3. The van der Waals surface area contributed by atoms with Crippen molar-refractivity contribution in [1.82, 2.24) is 29.6 Å². The number of ether oxygens (including phenoxy) is 1. The van der Waals surface area contributed by atoms with Crippen LogP contribution in [0, 0.1) is 0 Å². The van der Waals surface area contributed by atoms with E-state index in [-0.39, 0.29) is 12.4 Å². The molecule has 8 nitrogen and oxygen atoms in total. The Morgan fingerprint density at radius 1 is 1.44 bits per heavy atom. The molecule has 3 rings (SSSR count). The Morgan fingerprint density at radius 3 is 3.06 bits per heavy atom. The summed E-state index contributed by atoms with van der Waals surface area (Å²) in [5.74, 6) is -0.364. The molecule has 0 aliphatic heterocycles. The Bertz CT molecular complexity index is 743. The molecule has 0 spiro atoms. The van der Waals surface area contributed by atoms with Crippen LogP contribution >= 0.6 is 0 Å². The molecule has 0 fully saturated rings. The van der Waals surface area contributed by atoms with Gasteiger partial charge in [0.2, 0.25) is 0 Å². The van der Waals surface area contributed by atoms with Crippen LogP contribution < -0.4 is 0 Å². The molecular weight excluding hydrogens is 236 g/mol. The number of hydrogen-bond donors (Lipinski definition) is 0. The number of hydrogen-bond acceptors (Lipinski definition) is 6. The van der Waals surface area contributed by atoms with Gasteiger partial charge in [0, 0.05) is 13.1 Å². The minimum Gasteiger partial charge on any atom is -0.469 e. The lowest BCUT2D eigenvalue weighted by Crippen LogP contribution is -2.06. The van der Waals surface area contributed by atoms with Crippen molar-refractivity contribution in [2.75, 3.05) is 7.11 Å². The topological polar surface area (TPSA) is 87.2 Å². The maximum Gasteiger partial charge on any atom is 0.311 e. The highest BCUT2D eigenvalue weighted by Crippen LogP contribution is 2.16. The van der Waals surface area contributed by atoms with Crippen LogP contribution in [0.4, 0.5) is 0 Å². The molecule has 0 aliphatic carbocycles. The minimum atomic E-state index is -0.364. The van der Waals surface area contributed by atoms with Crippen molar-refractivity contribution in [1.29, 1.82) is 0 Å². The number of carbonyl (C=O) groups excluding carboxylic acids is 1. The third-order valence-corrected chi connectivity index (χ3v) is 2.68. The van der Waals surface area contributed by atoms with Crippen LogP contribution in [0.2, 0.25) is 0 Å². The van der Waals surface area contributed by atoms with Crippen LogP contribution in [0.1, 0.15) is 5.69 Å².